The van der Waals surface area contributed by atoms with Crippen LogP contribution in [0.1, 0.15) is 48.3 Å². The monoisotopic (exact) mass is 256 g/mol. The largest absolute Gasteiger partial charge is 0.396 e. The Labute approximate surface area is 108 Å². The van der Waals surface area contributed by atoms with Crippen LogP contribution in [0.5, 0.6) is 0 Å². The molecule has 2 atom stereocenters. The lowest BCUT2D eigenvalue weighted by Crippen LogP contribution is -2.26. The average molecular weight is 256 g/mol. The van der Waals surface area contributed by atoms with Crippen molar-refractivity contribution < 1.29 is 5.11 Å². The Morgan fingerprint density at radius 3 is 2.59 bits per heavy atom. The molecular formula is C13H24N2OS. The first-order valence-electron chi connectivity index (χ1n) is 6.36. The second-order valence-corrected chi connectivity index (χ2v) is 6.00. The van der Waals surface area contributed by atoms with Gasteiger partial charge in [-0.15, -0.1) is 11.3 Å². The van der Waals surface area contributed by atoms with Crippen LogP contribution in [0.25, 0.3) is 0 Å². The van der Waals surface area contributed by atoms with Gasteiger partial charge in [-0.2, -0.15) is 0 Å². The quantitative estimate of drug-likeness (QED) is 0.788. The normalized spacial score (nSPS) is 14.9. The van der Waals surface area contributed by atoms with Crippen LogP contribution < -0.4 is 5.32 Å². The number of rotatable bonds is 7. The Kier molecular flexibility index (Phi) is 6.09. The maximum Gasteiger partial charge on any atom is 0.0900 e. The summed E-state index contributed by atoms with van der Waals surface area (Å²) in [6.07, 6.45) is 1.99. The molecule has 0 saturated carbocycles. The molecule has 2 unspecified atom stereocenters. The molecule has 1 heterocycles. The summed E-state index contributed by atoms with van der Waals surface area (Å²) in [5, 5.41) is 13.6. The highest BCUT2D eigenvalue weighted by molar-refractivity contribution is 7.11. The second-order valence-electron chi connectivity index (χ2n) is 4.59. The highest BCUT2D eigenvalue weighted by Crippen LogP contribution is 2.22. The molecule has 0 aliphatic carbocycles. The van der Waals surface area contributed by atoms with Gasteiger partial charge in [-0.25, -0.2) is 4.98 Å². The molecule has 0 radical (unpaired) electrons. The Bertz CT molecular complexity index is 338. The summed E-state index contributed by atoms with van der Waals surface area (Å²) in [5.74, 6) is 0.558. The number of thiazole rings is 1. The zero-order valence-corrected chi connectivity index (χ0v) is 12.1. The Morgan fingerprint density at radius 1 is 1.41 bits per heavy atom. The molecule has 0 saturated heterocycles. The van der Waals surface area contributed by atoms with E-state index in [1.807, 2.05) is 0 Å². The van der Waals surface area contributed by atoms with Crippen LogP contribution in [-0.2, 0) is 0 Å². The summed E-state index contributed by atoms with van der Waals surface area (Å²) in [5.41, 5.74) is 1.17. The van der Waals surface area contributed by atoms with Crippen LogP contribution in [0.15, 0.2) is 0 Å². The Balaban J connectivity index is 2.49. The number of hydrogen-bond donors (Lipinski definition) is 2. The zero-order chi connectivity index (χ0) is 12.8. The standard InChI is InChI=1S/C13H24N2OS/c1-5-12(6-7-16)8-14-9(2)13-10(3)17-11(4)15-13/h9,12,14,16H,5-8H2,1-4H3. The molecule has 2 N–H and O–H groups in total. The van der Waals surface area contributed by atoms with Crippen molar-refractivity contribution in [3.63, 3.8) is 0 Å². The summed E-state index contributed by atoms with van der Waals surface area (Å²) in [4.78, 5) is 5.87. The van der Waals surface area contributed by atoms with Crippen molar-refractivity contribution >= 4 is 11.3 Å². The third-order valence-corrected chi connectivity index (χ3v) is 4.08. The summed E-state index contributed by atoms with van der Waals surface area (Å²) < 4.78 is 0. The molecule has 0 aliphatic heterocycles. The fourth-order valence-electron chi connectivity index (χ4n) is 2.02. The van der Waals surface area contributed by atoms with Crippen LogP contribution in [0.2, 0.25) is 0 Å². The number of aromatic nitrogens is 1. The van der Waals surface area contributed by atoms with Crippen molar-refractivity contribution in [3.05, 3.63) is 15.6 Å². The van der Waals surface area contributed by atoms with Gasteiger partial charge in [0.15, 0.2) is 0 Å². The van der Waals surface area contributed by atoms with Gasteiger partial charge in [0.25, 0.3) is 0 Å². The summed E-state index contributed by atoms with van der Waals surface area (Å²) in [7, 11) is 0. The average Bonchev–Trinajstić information content (AvgIpc) is 2.63. The van der Waals surface area contributed by atoms with E-state index in [1.54, 1.807) is 11.3 Å². The van der Waals surface area contributed by atoms with Crippen LogP contribution in [0, 0.1) is 19.8 Å². The molecular weight excluding hydrogens is 232 g/mol. The molecule has 0 bridgehead atoms. The topological polar surface area (TPSA) is 45.1 Å². The SMILES string of the molecule is CCC(CCO)CNC(C)c1nc(C)sc1C. The lowest BCUT2D eigenvalue weighted by Gasteiger charge is -2.18. The van der Waals surface area contributed by atoms with Gasteiger partial charge in [0.1, 0.15) is 0 Å². The summed E-state index contributed by atoms with van der Waals surface area (Å²) in [6.45, 7) is 9.74. The first-order chi connectivity index (χ1) is 8.08. The number of hydrogen-bond acceptors (Lipinski definition) is 4. The van der Waals surface area contributed by atoms with Crippen molar-refractivity contribution in [2.45, 2.75) is 46.6 Å². The fourth-order valence-corrected chi connectivity index (χ4v) is 2.93. The molecule has 0 amide bonds. The van der Waals surface area contributed by atoms with E-state index in [4.69, 9.17) is 5.11 Å². The van der Waals surface area contributed by atoms with E-state index in [2.05, 4.69) is 38.0 Å². The van der Waals surface area contributed by atoms with Gasteiger partial charge < -0.3 is 10.4 Å². The summed E-state index contributed by atoms with van der Waals surface area (Å²) in [6, 6.07) is 0.299. The second kappa shape index (κ2) is 7.09. The van der Waals surface area contributed by atoms with E-state index < -0.39 is 0 Å². The van der Waals surface area contributed by atoms with Crippen LogP contribution >= 0.6 is 11.3 Å². The van der Waals surface area contributed by atoms with E-state index in [0.717, 1.165) is 24.4 Å². The van der Waals surface area contributed by atoms with Gasteiger partial charge in [-0.05, 0) is 39.7 Å². The molecule has 0 spiro atoms. The third-order valence-electron chi connectivity index (χ3n) is 3.18. The molecule has 98 valence electrons. The molecule has 1 aromatic rings. The highest BCUT2D eigenvalue weighted by Gasteiger charge is 2.14. The molecule has 0 aromatic carbocycles. The van der Waals surface area contributed by atoms with Crippen molar-refractivity contribution in [3.8, 4) is 0 Å². The molecule has 17 heavy (non-hydrogen) atoms. The van der Waals surface area contributed by atoms with Crippen LogP contribution in [0.4, 0.5) is 0 Å². The molecule has 0 aliphatic rings. The Hall–Kier alpha value is -0.450. The van der Waals surface area contributed by atoms with Crippen molar-refractivity contribution in [1.82, 2.24) is 10.3 Å². The van der Waals surface area contributed by atoms with Gasteiger partial charge in [-0.1, -0.05) is 13.3 Å². The first kappa shape index (κ1) is 14.6. The smallest absolute Gasteiger partial charge is 0.0900 e. The van der Waals surface area contributed by atoms with Crippen molar-refractivity contribution in [2.75, 3.05) is 13.2 Å². The minimum atomic E-state index is 0.281. The maximum absolute atomic E-state index is 8.96. The molecule has 4 heteroatoms. The van der Waals surface area contributed by atoms with Crippen molar-refractivity contribution in [1.29, 1.82) is 0 Å². The predicted octanol–water partition coefficient (Wildman–Crippen LogP) is 2.82. The Morgan fingerprint density at radius 2 is 2.12 bits per heavy atom. The van der Waals surface area contributed by atoms with Gasteiger partial charge in [0.2, 0.25) is 0 Å². The van der Waals surface area contributed by atoms with Crippen LogP contribution in [0.3, 0.4) is 0 Å². The number of nitrogens with zero attached hydrogens (tertiary/aromatic N) is 1. The molecule has 3 nitrogen and oxygen atoms in total. The highest BCUT2D eigenvalue weighted by atomic mass is 32.1. The lowest BCUT2D eigenvalue weighted by molar-refractivity contribution is 0.249. The first-order valence-corrected chi connectivity index (χ1v) is 7.18. The third kappa shape index (κ3) is 4.37. The number of aliphatic hydroxyl groups is 1. The van der Waals surface area contributed by atoms with Crippen molar-refractivity contribution in [2.24, 2.45) is 5.92 Å². The van der Waals surface area contributed by atoms with E-state index in [0.29, 0.717) is 12.0 Å². The zero-order valence-electron chi connectivity index (χ0n) is 11.3. The minimum Gasteiger partial charge on any atom is -0.396 e. The van der Waals surface area contributed by atoms with Gasteiger partial charge >= 0.3 is 0 Å². The number of nitrogens with one attached hydrogen (secondary N) is 1. The molecule has 0 fully saturated rings. The van der Waals surface area contributed by atoms with E-state index >= 15 is 0 Å². The molecule has 1 aromatic heterocycles. The van der Waals surface area contributed by atoms with E-state index in [1.165, 1.54) is 10.6 Å². The van der Waals surface area contributed by atoms with E-state index in [9.17, 15) is 0 Å². The van der Waals surface area contributed by atoms with Gasteiger partial charge in [0.05, 0.1) is 10.7 Å². The minimum absolute atomic E-state index is 0.281. The maximum atomic E-state index is 8.96. The van der Waals surface area contributed by atoms with Gasteiger partial charge in [-0.3, -0.25) is 0 Å². The predicted molar refractivity (Wildman–Crippen MR) is 73.5 cm³/mol. The fraction of sp³-hybridized carbons (Fsp3) is 0.769. The molecule has 1 rings (SSSR count). The number of aliphatic hydroxyl groups excluding tert-OH is 1. The van der Waals surface area contributed by atoms with Crippen LogP contribution in [-0.4, -0.2) is 23.2 Å². The lowest BCUT2D eigenvalue weighted by atomic mass is 10.0. The summed E-state index contributed by atoms with van der Waals surface area (Å²) >= 11 is 1.76. The number of aryl methyl sites for hydroxylation is 2. The van der Waals surface area contributed by atoms with Gasteiger partial charge in [0, 0.05) is 17.5 Å². The van der Waals surface area contributed by atoms with E-state index in [-0.39, 0.29) is 6.61 Å².